The van der Waals surface area contributed by atoms with E-state index in [9.17, 15) is 23.3 Å². The summed E-state index contributed by atoms with van der Waals surface area (Å²) >= 11 is 17.7. The number of nitrogens with two attached hydrogens (primary N) is 1. The zero-order chi connectivity index (χ0) is 21.1. The van der Waals surface area contributed by atoms with Crippen molar-refractivity contribution in [2.75, 3.05) is 5.32 Å². The quantitative estimate of drug-likeness (QED) is 0.258. The van der Waals surface area contributed by atoms with Crippen molar-refractivity contribution in [2.24, 2.45) is 5.14 Å². The molecule has 0 unspecified atom stereocenters. The number of hydrogen-bond donors (Lipinski definition) is 3. The molecule has 2 aromatic rings. The van der Waals surface area contributed by atoms with E-state index in [4.69, 9.17) is 39.9 Å². The molecule has 2 rings (SSSR count). The summed E-state index contributed by atoms with van der Waals surface area (Å²) in [6.45, 7) is 0. The van der Waals surface area contributed by atoms with Crippen LogP contribution in [0.25, 0.3) is 0 Å². The van der Waals surface area contributed by atoms with Gasteiger partial charge in [0.15, 0.2) is 0 Å². The number of rotatable bonds is 6. The molecule has 1 atom stereocenters. The van der Waals surface area contributed by atoms with Gasteiger partial charge in [-0.3, -0.25) is 14.9 Å². The van der Waals surface area contributed by atoms with Crippen LogP contribution in [0.5, 0.6) is 0 Å². The third-order valence-corrected chi connectivity index (χ3v) is 5.02. The molecule has 9 nitrogen and oxygen atoms in total. The van der Waals surface area contributed by atoms with Gasteiger partial charge in [0.1, 0.15) is 6.17 Å². The first kappa shape index (κ1) is 22.2. The van der Waals surface area contributed by atoms with E-state index in [1.807, 2.05) is 0 Å². The van der Waals surface area contributed by atoms with Crippen LogP contribution in [0.1, 0.15) is 10.4 Å². The SMILES string of the molecule is NS(=O)(=O)c1ccc(N[C@H](NC(=O)c2ccc([N+](=O)[O-])cc2)C(Cl)(Cl)Cl)cc1. The lowest BCUT2D eigenvalue weighted by Gasteiger charge is -2.27. The Kier molecular flexibility index (Phi) is 6.73. The number of alkyl halides is 3. The van der Waals surface area contributed by atoms with Gasteiger partial charge in [0.25, 0.3) is 11.6 Å². The van der Waals surface area contributed by atoms with Crippen LogP contribution in [-0.2, 0) is 10.0 Å². The predicted molar refractivity (Wildman–Crippen MR) is 106 cm³/mol. The molecule has 0 fully saturated rings. The maximum atomic E-state index is 12.4. The predicted octanol–water partition coefficient (Wildman–Crippen LogP) is 2.78. The Morgan fingerprint density at radius 3 is 2.04 bits per heavy atom. The number of hydrogen-bond acceptors (Lipinski definition) is 6. The van der Waals surface area contributed by atoms with Crippen LogP contribution in [0.3, 0.4) is 0 Å². The first-order valence-electron chi connectivity index (χ1n) is 7.39. The molecule has 0 saturated carbocycles. The van der Waals surface area contributed by atoms with Crippen LogP contribution in [0, 0.1) is 10.1 Å². The molecular weight excluding hydrogens is 455 g/mol. The third-order valence-electron chi connectivity index (χ3n) is 3.44. The minimum atomic E-state index is -3.86. The van der Waals surface area contributed by atoms with Crippen molar-refractivity contribution in [3.05, 3.63) is 64.2 Å². The fraction of sp³-hybridized carbons (Fsp3) is 0.133. The monoisotopic (exact) mass is 466 g/mol. The van der Waals surface area contributed by atoms with Gasteiger partial charge in [-0.1, -0.05) is 34.8 Å². The molecule has 28 heavy (non-hydrogen) atoms. The Hall–Kier alpha value is -2.11. The molecule has 0 aliphatic heterocycles. The molecule has 0 aromatic heterocycles. The fourth-order valence-electron chi connectivity index (χ4n) is 2.06. The lowest BCUT2D eigenvalue weighted by molar-refractivity contribution is -0.384. The fourth-order valence-corrected chi connectivity index (χ4v) is 2.90. The highest BCUT2D eigenvalue weighted by molar-refractivity contribution is 7.89. The summed E-state index contributed by atoms with van der Waals surface area (Å²) < 4.78 is 20.6. The molecular formula is C15H13Cl3N4O5S. The Labute approximate surface area is 175 Å². The first-order valence-corrected chi connectivity index (χ1v) is 10.1. The van der Waals surface area contributed by atoms with Gasteiger partial charge in [0, 0.05) is 23.4 Å². The average molecular weight is 468 g/mol. The number of benzene rings is 2. The highest BCUT2D eigenvalue weighted by atomic mass is 35.6. The number of nitrogens with one attached hydrogen (secondary N) is 2. The molecule has 1 amide bonds. The summed E-state index contributed by atoms with van der Waals surface area (Å²) in [5.41, 5.74) is 0.270. The topological polar surface area (TPSA) is 144 Å². The minimum absolute atomic E-state index is 0.108. The van der Waals surface area contributed by atoms with Gasteiger partial charge < -0.3 is 10.6 Å². The van der Waals surface area contributed by atoms with Crippen LogP contribution in [0.2, 0.25) is 0 Å². The molecule has 0 heterocycles. The van der Waals surface area contributed by atoms with Crippen LogP contribution in [0.4, 0.5) is 11.4 Å². The number of nitro groups is 1. The molecule has 0 bridgehead atoms. The second-order valence-electron chi connectivity index (χ2n) is 5.47. The van der Waals surface area contributed by atoms with Crippen molar-refractivity contribution in [2.45, 2.75) is 14.9 Å². The lowest BCUT2D eigenvalue weighted by Crippen LogP contribution is -2.49. The Morgan fingerprint density at radius 2 is 1.61 bits per heavy atom. The van der Waals surface area contributed by atoms with Crippen LogP contribution in [0.15, 0.2) is 53.4 Å². The molecule has 13 heteroatoms. The Balaban J connectivity index is 2.17. The van der Waals surface area contributed by atoms with Crippen molar-refractivity contribution >= 4 is 62.1 Å². The van der Waals surface area contributed by atoms with Crippen molar-refractivity contribution < 1.29 is 18.1 Å². The molecule has 0 spiro atoms. The molecule has 0 aliphatic carbocycles. The largest absolute Gasteiger partial charge is 0.362 e. The van der Waals surface area contributed by atoms with E-state index in [2.05, 4.69) is 10.6 Å². The zero-order valence-electron chi connectivity index (χ0n) is 13.8. The molecule has 0 radical (unpaired) electrons. The maximum absolute atomic E-state index is 12.4. The highest BCUT2D eigenvalue weighted by Gasteiger charge is 2.34. The normalized spacial score (nSPS) is 12.9. The van der Waals surface area contributed by atoms with Crippen LogP contribution < -0.4 is 15.8 Å². The summed E-state index contributed by atoms with van der Waals surface area (Å²) in [6.07, 6.45) is -1.21. The third kappa shape index (κ3) is 5.94. The Bertz CT molecular complexity index is 976. The number of non-ortho nitro benzene ring substituents is 1. The maximum Gasteiger partial charge on any atom is 0.269 e. The van der Waals surface area contributed by atoms with Gasteiger partial charge in [0.2, 0.25) is 13.8 Å². The standard InChI is InChI=1S/C15H13Cl3N4O5S/c16-15(17,18)14(20-10-3-7-12(8-4-10)28(19,26)27)21-13(23)9-1-5-11(6-2-9)22(24)25/h1-8,14,20H,(H,21,23)(H2,19,26,27)/t14-/m1/s1. The molecule has 150 valence electrons. The average Bonchev–Trinajstić information content (AvgIpc) is 2.60. The van der Waals surface area contributed by atoms with E-state index in [-0.39, 0.29) is 16.1 Å². The Morgan fingerprint density at radius 1 is 1.07 bits per heavy atom. The summed E-state index contributed by atoms with van der Waals surface area (Å²) in [5.74, 6) is -0.653. The van der Waals surface area contributed by atoms with Gasteiger partial charge in [-0.15, -0.1) is 0 Å². The number of carbonyl (C=O) groups is 1. The van der Waals surface area contributed by atoms with Gasteiger partial charge in [-0.2, -0.15) is 0 Å². The summed E-state index contributed by atoms with van der Waals surface area (Å²) in [6, 6.07) is 10.1. The number of sulfonamides is 1. The van der Waals surface area contributed by atoms with Crippen LogP contribution >= 0.6 is 34.8 Å². The van der Waals surface area contributed by atoms with Crippen molar-refractivity contribution in [1.29, 1.82) is 0 Å². The number of carbonyl (C=O) groups excluding carboxylic acids is 1. The second-order valence-corrected chi connectivity index (χ2v) is 9.40. The van der Waals surface area contributed by atoms with E-state index in [1.165, 1.54) is 48.5 Å². The number of nitrogens with zero attached hydrogens (tertiary/aromatic N) is 1. The highest BCUT2D eigenvalue weighted by Crippen LogP contribution is 2.31. The summed E-state index contributed by atoms with van der Waals surface area (Å²) in [4.78, 5) is 22.3. The molecule has 0 aliphatic rings. The van der Waals surface area contributed by atoms with E-state index in [0.29, 0.717) is 5.69 Å². The van der Waals surface area contributed by atoms with Crippen LogP contribution in [-0.4, -0.2) is 29.2 Å². The number of anilines is 1. The van der Waals surface area contributed by atoms with Crippen molar-refractivity contribution in [3.8, 4) is 0 Å². The van der Waals surface area contributed by atoms with E-state index in [0.717, 1.165) is 0 Å². The van der Waals surface area contributed by atoms with Crippen molar-refractivity contribution in [1.82, 2.24) is 5.32 Å². The second kappa shape index (κ2) is 8.50. The van der Waals surface area contributed by atoms with E-state index >= 15 is 0 Å². The van der Waals surface area contributed by atoms with Gasteiger partial charge in [-0.05, 0) is 36.4 Å². The summed E-state index contributed by atoms with van der Waals surface area (Å²) in [7, 11) is -3.86. The summed E-state index contributed by atoms with van der Waals surface area (Å²) in [5, 5.41) is 20.9. The molecule has 2 aromatic carbocycles. The zero-order valence-corrected chi connectivity index (χ0v) is 16.9. The number of amides is 1. The van der Waals surface area contributed by atoms with E-state index < -0.39 is 30.8 Å². The lowest BCUT2D eigenvalue weighted by atomic mass is 10.2. The van der Waals surface area contributed by atoms with Gasteiger partial charge in [0.05, 0.1) is 9.82 Å². The van der Waals surface area contributed by atoms with Gasteiger partial charge >= 0.3 is 0 Å². The molecule has 4 N–H and O–H groups in total. The minimum Gasteiger partial charge on any atom is -0.362 e. The van der Waals surface area contributed by atoms with Crippen molar-refractivity contribution in [3.63, 3.8) is 0 Å². The van der Waals surface area contributed by atoms with E-state index in [1.54, 1.807) is 0 Å². The first-order chi connectivity index (χ1) is 12.9. The number of halogens is 3. The smallest absolute Gasteiger partial charge is 0.269 e. The number of primary sulfonamides is 1. The molecule has 0 saturated heterocycles. The van der Waals surface area contributed by atoms with Gasteiger partial charge in [-0.25, -0.2) is 13.6 Å². The number of nitro benzene ring substituents is 1.